The van der Waals surface area contributed by atoms with Crippen molar-refractivity contribution >= 4 is 0 Å². The molecule has 0 aliphatic carbocycles. The fourth-order valence-electron chi connectivity index (χ4n) is 3.30. The molecule has 3 aliphatic heterocycles. The summed E-state index contributed by atoms with van der Waals surface area (Å²) >= 11 is 0. The van der Waals surface area contributed by atoms with Crippen molar-refractivity contribution in [3.05, 3.63) is 0 Å². The first-order valence-electron chi connectivity index (χ1n) is 5.12. The second-order valence-corrected chi connectivity index (χ2v) is 5.37. The first-order valence-corrected chi connectivity index (χ1v) is 5.12. The second kappa shape index (κ2) is 2.02. The van der Waals surface area contributed by atoms with Crippen LogP contribution in [0.4, 0.5) is 0 Å². The maximum absolute atomic E-state index is 10.4. The molecule has 80 valence electrons. The van der Waals surface area contributed by atoms with Gasteiger partial charge in [0.15, 0.2) is 11.4 Å². The van der Waals surface area contributed by atoms with Gasteiger partial charge in [0.25, 0.3) is 0 Å². The summed E-state index contributed by atoms with van der Waals surface area (Å²) in [6, 6.07) is 0. The van der Waals surface area contributed by atoms with Crippen LogP contribution in [0.5, 0.6) is 0 Å². The van der Waals surface area contributed by atoms with Gasteiger partial charge in [-0.15, -0.1) is 0 Å². The molecule has 3 rings (SSSR count). The Morgan fingerprint density at radius 2 is 1.86 bits per heavy atom. The van der Waals surface area contributed by atoms with Gasteiger partial charge in [-0.25, -0.2) is 0 Å². The summed E-state index contributed by atoms with van der Waals surface area (Å²) in [5, 5.41) is 20.6. The van der Waals surface area contributed by atoms with Crippen molar-refractivity contribution in [2.45, 2.75) is 55.7 Å². The highest BCUT2D eigenvalue weighted by Crippen LogP contribution is 2.61. The van der Waals surface area contributed by atoms with Crippen molar-refractivity contribution in [1.29, 1.82) is 0 Å². The Bertz CT molecular complexity index is 306. The van der Waals surface area contributed by atoms with Crippen molar-refractivity contribution in [3.63, 3.8) is 0 Å². The number of fused-ring (bicyclic) bond motifs is 1. The van der Waals surface area contributed by atoms with Crippen LogP contribution in [0.1, 0.15) is 33.1 Å². The van der Waals surface area contributed by atoms with E-state index in [0.29, 0.717) is 12.8 Å². The molecule has 0 radical (unpaired) electrons. The third-order valence-electron chi connectivity index (χ3n) is 4.29. The van der Waals surface area contributed by atoms with Crippen LogP contribution in [0, 0.1) is 0 Å². The average Bonchev–Trinajstić information content (AvgIpc) is 2.36. The molecule has 4 unspecified atom stereocenters. The van der Waals surface area contributed by atoms with Crippen molar-refractivity contribution in [1.82, 2.24) is 0 Å². The minimum atomic E-state index is -1.29. The number of hydrogen-bond acceptors (Lipinski definition) is 4. The molecule has 2 bridgehead atoms. The van der Waals surface area contributed by atoms with Crippen LogP contribution in [0.2, 0.25) is 0 Å². The van der Waals surface area contributed by atoms with Gasteiger partial charge in [0.1, 0.15) is 5.60 Å². The van der Waals surface area contributed by atoms with E-state index in [-0.39, 0.29) is 12.2 Å². The van der Waals surface area contributed by atoms with Crippen LogP contribution in [0.3, 0.4) is 0 Å². The lowest BCUT2D eigenvalue weighted by Gasteiger charge is -2.45. The molecule has 14 heavy (non-hydrogen) atoms. The summed E-state index contributed by atoms with van der Waals surface area (Å²) in [6.45, 7) is 3.92. The maximum Gasteiger partial charge on any atom is 0.198 e. The van der Waals surface area contributed by atoms with Gasteiger partial charge in [-0.3, -0.25) is 0 Å². The minimum absolute atomic E-state index is 0.176. The van der Waals surface area contributed by atoms with Crippen LogP contribution >= 0.6 is 0 Å². The highest BCUT2D eigenvalue weighted by atomic mass is 16.7. The molecule has 3 saturated heterocycles. The third kappa shape index (κ3) is 0.724. The lowest BCUT2D eigenvalue weighted by Crippen LogP contribution is -2.60. The molecule has 3 heterocycles. The van der Waals surface area contributed by atoms with E-state index < -0.39 is 17.0 Å². The van der Waals surface area contributed by atoms with Gasteiger partial charge < -0.3 is 19.7 Å². The minimum Gasteiger partial charge on any atom is -0.384 e. The van der Waals surface area contributed by atoms with Crippen LogP contribution < -0.4 is 0 Å². The molecule has 0 aromatic rings. The van der Waals surface area contributed by atoms with Crippen LogP contribution in [-0.4, -0.2) is 39.4 Å². The summed E-state index contributed by atoms with van der Waals surface area (Å²) in [7, 11) is 0. The second-order valence-electron chi connectivity index (χ2n) is 5.37. The van der Waals surface area contributed by atoms with Crippen molar-refractivity contribution < 1.29 is 19.7 Å². The van der Waals surface area contributed by atoms with Crippen molar-refractivity contribution in [3.8, 4) is 0 Å². The van der Waals surface area contributed by atoms with Gasteiger partial charge in [0.2, 0.25) is 0 Å². The van der Waals surface area contributed by atoms with E-state index in [0.717, 1.165) is 6.42 Å². The zero-order chi connectivity index (χ0) is 10.2. The van der Waals surface area contributed by atoms with Crippen LogP contribution in [0.25, 0.3) is 0 Å². The standard InChI is InChI=1S/C10H16O4/c1-7-3-4-10(12)8(2,14-7)9(11,5-7)6-13-10/h11-12H,3-6H2,1-2H3. The third-order valence-corrected chi connectivity index (χ3v) is 4.29. The predicted molar refractivity (Wildman–Crippen MR) is 47.6 cm³/mol. The van der Waals surface area contributed by atoms with Crippen molar-refractivity contribution in [2.24, 2.45) is 0 Å². The normalized spacial score (nSPS) is 66.0. The van der Waals surface area contributed by atoms with Gasteiger partial charge in [-0.1, -0.05) is 0 Å². The molecule has 4 heteroatoms. The van der Waals surface area contributed by atoms with E-state index in [4.69, 9.17) is 9.47 Å². The summed E-state index contributed by atoms with van der Waals surface area (Å²) in [6.07, 6.45) is 1.84. The number of rotatable bonds is 0. The molecule has 0 amide bonds. The first kappa shape index (κ1) is 9.09. The molecule has 4 nitrogen and oxygen atoms in total. The Balaban J connectivity index is 2.15. The first-order chi connectivity index (χ1) is 6.33. The molecule has 3 fully saturated rings. The summed E-state index contributed by atoms with van der Waals surface area (Å²) < 4.78 is 11.2. The van der Waals surface area contributed by atoms with E-state index in [2.05, 4.69) is 0 Å². The molecule has 3 aliphatic rings. The van der Waals surface area contributed by atoms with Crippen molar-refractivity contribution in [2.75, 3.05) is 6.61 Å². The summed E-state index contributed by atoms with van der Waals surface area (Å²) in [5.41, 5.74) is -2.26. The van der Waals surface area contributed by atoms with E-state index in [1.165, 1.54) is 0 Å². The van der Waals surface area contributed by atoms with E-state index in [9.17, 15) is 10.2 Å². The summed E-state index contributed by atoms with van der Waals surface area (Å²) in [5.74, 6) is -1.29. The quantitative estimate of drug-likeness (QED) is 0.585. The van der Waals surface area contributed by atoms with Crippen LogP contribution in [0.15, 0.2) is 0 Å². The molecule has 4 atom stereocenters. The average molecular weight is 200 g/mol. The molecule has 0 spiro atoms. The molecule has 0 aromatic heterocycles. The molecule has 2 N–H and O–H groups in total. The Hall–Kier alpha value is -0.160. The summed E-state index contributed by atoms with van der Waals surface area (Å²) in [4.78, 5) is 0. The zero-order valence-corrected chi connectivity index (χ0v) is 8.54. The zero-order valence-electron chi connectivity index (χ0n) is 8.54. The molecule has 0 saturated carbocycles. The van der Waals surface area contributed by atoms with E-state index in [1.54, 1.807) is 6.92 Å². The fourth-order valence-corrected chi connectivity index (χ4v) is 3.30. The Morgan fingerprint density at radius 1 is 1.14 bits per heavy atom. The monoisotopic (exact) mass is 200 g/mol. The Morgan fingerprint density at radius 3 is 2.57 bits per heavy atom. The van der Waals surface area contributed by atoms with Gasteiger partial charge in [-0.2, -0.15) is 0 Å². The number of hydrogen-bond donors (Lipinski definition) is 2. The Labute approximate surface area is 82.8 Å². The number of aliphatic hydroxyl groups is 2. The predicted octanol–water partition coefficient (Wildman–Crippen LogP) is 0.168. The Kier molecular flexibility index (Phi) is 1.31. The SMILES string of the molecule is CC12CCC3(O)OCC(O)(C1)C3(C)O2. The molecule has 0 aromatic carbocycles. The smallest absolute Gasteiger partial charge is 0.198 e. The van der Waals surface area contributed by atoms with Gasteiger partial charge in [0, 0.05) is 12.8 Å². The van der Waals surface area contributed by atoms with Crippen LogP contribution in [-0.2, 0) is 9.47 Å². The van der Waals surface area contributed by atoms with Gasteiger partial charge in [0.05, 0.1) is 12.2 Å². The van der Waals surface area contributed by atoms with Gasteiger partial charge >= 0.3 is 0 Å². The largest absolute Gasteiger partial charge is 0.384 e. The maximum atomic E-state index is 10.4. The van der Waals surface area contributed by atoms with Gasteiger partial charge in [-0.05, 0) is 20.3 Å². The topological polar surface area (TPSA) is 58.9 Å². The molecular weight excluding hydrogens is 184 g/mol. The highest BCUT2D eigenvalue weighted by Gasteiger charge is 2.76. The molecular formula is C10H16O4. The highest BCUT2D eigenvalue weighted by molar-refractivity contribution is 5.22. The lowest BCUT2D eigenvalue weighted by atomic mass is 9.81. The number of ether oxygens (including phenoxy) is 2. The fraction of sp³-hybridized carbons (Fsp3) is 1.00. The lowest BCUT2D eigenvalue weighted by molar-refractivity contribution is -0.312. The van der Waals surface area contributed by atoms with E-state index >= 15 is 0 Å². The van der Waals surface area contributed by atoms with E-state index in [1.807, 2.05) is 6.92 Å².